The Balaban J connectivity index is 3.83. The highest BCUT2D eigenvalue weighted by molar-refractivity contribution is 7.89. The minimum absolute atomic E-state index is 0.458. The molecule has 0 aliphatic carbocycles. The van der Waals surface area contributed by atoms with Crippen LogP contribution in [-0.2, 0) is 16.2 Å². The van der Waals surface area contributed by atoms with E-state index in [1.165, 1.54) is 0 Å². The van der Waals surface area contributed by atoms with Gasteiger partial charge in [-0.05, 0) is 9.91 Å². The SMILES string of the molecule is NS(=O)(=O)c1c(OC(F)(F)F)cc(C(F)(F)F)nc1[N+](=O)[O-]. The number of hydrogen-bond donors (Lipinski definition) is 1. The predicted octanol–water partition coefficient (Wildman–Crippen LogP) is 1.55. The third-order valence-corrected chi connectivity index (χ3v) is 2.85. The average molecular weight is 355 g/mol. The van der Waals surface area contributed by atoms with Gasteiger partial charge in [-0.1, -0.05) is 0 Å². The summed E-state index contributed by atoms with van der Waals surface area (Å²) >= 11 is 0. The van der Waals surface area contributed by atoms with Crippen molar-refractivity contribution in [3.63, 3.8) is 0 Å². The standard InChI is InChI=1S/C7H3F6N3O5S/c8-6(9,10)3-1-2(21-7(11,12)13)4(22(14,19)20)5(15-3)16(17)18/h1H,(H2,14,19,20). The fraction of sp³-hybridized carbons (Fsp3) is 0.286. The lowest BCUT2D eigenvalue weighted by Gasteiger charge is -2.13. The van der Waals surface area contributed by atoms with Crippen molar-refractivity contribution in [1.82, 2.24) is 4.98 Å². The monoisotopic (exact) mass is 355 g/mol. The Labute approximate surface area is 116 Å². The Bertz CT molecular complexity index is 713. The van der Waals surface area contributed by atoms with E-state index in [2.05, 4.69) is 14.9 Å². The van der Waals surface area contributed by atoms with E-state index in [0.29, 0.717) is 0 Å². The zero-order chi connectivity index (χ0) is 17.5. The second-order valence-corrected chi connectivity index (χ2v) is 5.00. The summed E-state index contributed by atoms with van der Waals surface area (Å²) in [5, 5.41) is 15.1. The quantitative estimate of drug-likeness (QED) is 0.498. The lowest BCUT2D eigenvalue weighted by molar-refractivity contribution is -0.393. The van der Waals surface area contributed by atoms with Gasteiger partial charge in [0.05, 0.1) is 0 Å². The fourth-order valence-electron chi connectivity index (χ4n) is 1.23. The van der Waals surface area contributed by atoms with E-state index >= 15 is 0 Å². The van der Waals surface area contributed by atoms with Crippen molar-refractivity contribution in [2.24, 2.45) is 5.14 Å². The van der Waals surface area contributed by atoms with E-state index < -0.39 is 55.7 Å². The highest BCUT2D eigenvalue weighted by Gasteiger charge is 2.45. The van der Waals surface area contributed by atoms with E-state index in [9.17, 15) is 44.9 Å². The van der Waals surface area contributed by atoms with Crippen molar-refractivity contribution in [3.8, 4) is 5.75 Å². The molecule has 0 spiro atoms. The van der Waals surface area contributed by atoms with Crippen molar-refractivity contribution >= 4 is 15.8 Å². The third-order valence-electron chi connectivity index (χ3n) is 1.89. The van der Waals surface area contributed by atoms with E-state index in [0.717, 1.165) is 0 Å². The summed E-state index contributed by atoms with van der Waals surface area (Å²) < 4.78 is 99.2. The molecule has 1 rings (SSSR count). The molecule has 0 aromatic carbocycles. The number of pyridine rings is 1. The molecule has 0 saturated heterocycles. The molecule has 0 radical (unpaired) electrons. The van der Waals surface area contributed by atoms with E-state index in [-0.39, 0.29) is 0 Å². The topological polar surface area (TPSA) is 125 Å². The van der Waals surface area contributed by atoms with Crippen LogP contribution in [0.3, 0.4) is 0 Å². The van der Waals surface area contributed by atoms with Crippen molar-refractivity contribution < 1.29 is 44.4 Å². The highest BCUT2D eigenvalue weighted by atomic mass is 32.2. The van der Waals surface area contributed by atoms with Gasteiger partial charge >= 0.3 is 18.4 Å². The average Bonchev–Trinajstić information content (AvgIpc) is 2.22. The van der Waals surface area contributed by atoms with Crippen LogP contribution in [0.25, 0.3) is 0 Å². The van der Waals surface area contributed by atoms with Crippen LogP contribution in [0.1, 0.15) is 5.69 Å². The van der Waals surface area contributed by atoms with Gasteiger partial charge < -0.3 is 14.9 Å². The number of halogens is 6. The number of ether oxygens (including phenoxy) is 1. The van der Waals surface area contributed by atoms with Crippen molar-refractivity contribution in [2.75, 3.05) is 0 Å². The predicted molar refractivity (Wildman–Crippen MR) is 53.9 cm³/mol. The van der Waals surface area contributed by atoms with E-state index in [4.69, 9.17) is 0 Å². The molecule has 15 heteroatoms. The number of hydrogen-bond acceptors (Lipinski definition) is 6. The molecule has 8 nitrogen and oxygen atoms in total. The number of aromatic nitrogens is 1. The second kappa shape index (κ2) is 5.24. The minimum atomic E-state index is -5.63. The van der Waals surface area contributed by atoms with E-state index in [1.54, 1.807) is 0 Å². The van der Waals surface area contributed by atoms with Gasteiger partial charge in [0.2, 0.25) is 14.9 Å². The third kappa shape index (κ3) is 4.17. The maximum Gasteiger partial charge on any atom is 0.573 e. The highest BCUT2D eigenvalue weighted by Crippen LogP contribution is 2.39. The largest absolute Gasteiger partial charge is 0.573 e. The molecule has 1 aromatic heterocycles. The van der Waals surface area contributed by atoms with Crippen LogP contribution in [0.4, 0.5) is 32.2 Å². The Morgan fingerprint density at radius 2 is 1.73 bits per heavy atom. The van der Waals surface area contributed by atoms with Gasteiger partial charge in [0, 0.05) is 6.07 Å². The molecule has 22 heavy (non-hydrogen) atoms. The molecule has 0 bridgehead atoms. The van der Waals surface area contributed by atoms with Gasteiger partial charge in [0.25, 0.3) is 5.69 Å². The molecular formula is C7H3F6N3O5S. The molecule has 124 valence electrons. The molecule has 0 unspecified atom stereocenters. The Hall–Kier alpha value is -2.16. The summed E-state index contributed by atoms with van der Waals surface area (Å²) in [4.78, 5) is 9.29. The zero-order valence-electron chi connectivity index (χ0n) is 9.77. The van der Waals surface area contributed by atoms with Gasteiger partial charge in [-0.15, -0.1) is 13.2 Å². The number of nitrogens with two attached hydrogens (primary N) is 1. The normalized spacial score (nSPS) is 13.0. The van der Waals surface area contributed by atoms with Crippen LogP contribution < -0.4 is 9.88 Å². The maximum atomic E-state index is 12.5. The molecule has 2 N–H and O–H groups in total. The lowest BCUT2D eigenvalue weighted by atomic mass is 10.3. The van der Waals surface area contributed by atoms with Gasteiger partial charge in [-0.3, -0.25) is 0 Å². The minimum Gasteiger partial charge on any atom is -0.404 e. The summed E-state index contributed by atoms with van der Waals surface area (Å²) in [5.74, 6) is -4.06. The van der Waals surface area contributed by atoms with Crippen molar-refractivity contribution in [2.45, 2.75) is 17.4 Å². The Kier molecular flexibility index (Phi) is 4.26. The summed E-state index contributed by atoms with van der Waals surface area (Å²) in [6.45, 7) is 0. The van der Waals surface area contributed by atoms with Crippen LogP contribution in [0.5, 0.6) is 5.75 Å². The van der Waals surface area contributed by atoms with Gasteiger partial charge in [-0.2, -0.15) is 13.2 Å². The Morgan fingerprint density at radius 3 is 2.05 bits per heavy atom. The van der Waals surface area contributed by atoms with Crippen molar-refractivity contribution in [1.29, 1.82) is 0 Å². The first-order valence-corrected chi connectivity index (χ1v) is 6.22. The van der Waals surface area contributed by atoms with Crippen molar-refractivity contribution in [3.05, 3.63) is 21.9 Å². The van der Waals surface area contributed by atoms with Crippen LogP contribution in [0, 0.1) is 10.1 Å². The number of alkyl halides is 6. The molecule has 0 saturated carbocycles. The summed E-state index contributed by atoms with van der Waals surface area (Å²) in [6, 6.07) is -0.458. The summed E-state index contributed by atoms with van der Waals surface area (Å²) in [5.41, 5.74) is -2.16. The molecule has 1 heterocycles. The first kappa shape index (κ1) is 17.9. The lowest BCUT2D eigenvalue weighted by Crippen LogP contribution is -2.23. The first-order valence-electron chi connectivity index (χ1n) is 4.68. The smallest absolute Gasteiger partial charge is 0.404 e. The van der Waals surface area contributed by atoms with Crippen LogP contribution >= 0.6 is 0 Å². The van der Waals surface area contributed by atoms with Gasteiger partial charge in [0.1, 0.15) is 0 Å². The molecule has 0 aliphatic heterocycles. The molecule has 0 atom stereocenters. The van der Waals surface area contributed by atoms with Crippen LogP contribution in [0.15, 0.2) is 11.0 Å². The number of rotatable bonds is 3. The fourth-order valence-corrected chi connectivity index (χ4v) is 1.99. The number of nitrogens with zero attached hydrogens (tertiary/aromatic N) is 2. The zero-order valence-corrected chi connectivity index (χ0v) is 10.6. The molecule has 0 fully saturated rings. The number of nitro groups is 1. The molecule has 0 aliphatic rings. The summed E-state index contributed by atoms with van der Waals surface area (Å²) in [7, 11) is -5.24. The first-order chi connectivity index (χ1) is 9.63. The van der Waals surface area contributed by atoms with Gasteiger partial charge in [-0.25, -0.2) is 13.6 Å². The molecular weight excluding hydrogens is 352 g/mol. The Morgan fingerprint density at radius 1 is 1.23 bits per heavy atom. The number of sulfonamides is 1. The molecule has 0 amide bonds. The second-order valence-electron chi connectivity index (χ2n) is 3.51. The number of primary sulfonamides is 1. The van der Waals surface area contributed by atoms with E-state index in [1.807, 2.05) is 0 Å². The summed E-state index contributed by atoms with van der Waals surface area (Å²) in [6.07, 6.45) is -11.0. The van der Waals surface area contributed by atoms with Crippen LogP contribution in [-0.4, -0.2) is 24.7 Å². The maximum absolute atomic E-state index is 12.5. The van der Waals surface area contributed by atoms with Crippen LogP contribution in [0.2, 0.25) is 0 Å². The van der Waals surface area contributed by atoms with Gasteiger partial charge in [0.15, 0.2) is 5.75 Å². The molecule has 1 aromatic rings.